The molecule has 2 aromatic rings. The minimum absolute atomic E-state index is 0. The largest absolute Gasteiger partial charge is 0.355 e. The molecule has 0 aliphatic carbocycles. The summed E-state index contributed by atoms with van der Waals surface area (Å²) >= 11 is 0. The summed E-state index contributed by atoms with van der Waals surface area (Å²) in [5.74, 6) is 0.267. The van der Waals surface area contributed by atoms with Crippen molar-refractivity contribution >= 4 is 35.8 Å². The van der Waals surface area contributed by atoms with Crippen molar-refractivity contribution < 1.29 is 9.18 Å². The molecule has 0 spiro atoms. The number of hydrogen-bond donors (Lipinski definition) is 3. The molecule has 2 aromatic carbocycles. The number of benzene rings is 2. The average Bonchev–Trinajstić information content (AvgIpc) is 2.65. The minimum atomic E-state index is -0.219. The summed E-state index contributed by atoms with van der Waals surface area (Å²) in [4.78, 5) is 16.3. The smallest absolute Gasteiger partial charge is 0.251 e. The third kappa shape index (κ3) is 7.10. The van der Waals surface area contributed by atoms with Crippen LogP contribution >= 0.6 is 24.0 Å². The van der Waals surface area contributed by atoms with E-state index in [1.165, 1.54) is 6.07 Å². The predicted octanol–water partition coefficient (Wildman–Crippen LogP) is 3.72. The number of nitrogens with one attached hydrogen (secondary N) is 3. The van der Waals surface area contributed by atoms with Gasteiger partial charge >= 0.3 is 0 Å². The van der Waals surface area contributed by atoms with Crippen LogP contribution in [-0.2, 0) is 0 Å². The molecule has 0 aromatic heterocycles. The van der Waals surface area contributed by atoms with Gasteiger partial charge in [-0.3, -0.25) is 9.79 Å². The summed E-state index contributed by atoms with van der Waals surface area (Å²) < 4.78 is 13.7. The number of rotatable bonds is 6. The summed E-state index contributed by atoms with van der Waals surface area (Å²) in [6.45, 7) is 6.61. The average molecular weight is 498 g/mol. The van der Waals surface area contributed by atoms with Crippen molar-refractivity contribution in [3.8, 4) is 0 Å². The molecule has 2 rings (SSSR count). The quantitative estimate of drug-likeness (QED) is 0.246. The van der Waals surface area contributed by atoms with Crippen molar-refractivity contribution in [1.82, 2.24) is 16.0 Å². The molecule has 1 unspecified atom stereocenters. The molecule has 0 saturated heterocycles. The summed E-state index contributed by atoms with van der Waals surface area (Å²) in [6, 6.07) is 12.5. The Balaban J connectivity index is 0.00000392. The first kappa shape index (κ1) is 23.9. The molecule has 0 radical (unpaired) electrons. The van der Waals surface area contributed by atoms with Crippen molar-refractivity contribution in [2.24, 2.45) is 4.99 Å². The molecule has 0 aliphatic heterocycles. The highest BCUT2D eigenvalue weighted by molar-refractivity contribution is 14.0. The fraction of sp³-hybridized carbons (Fsp3) is 0.333. The first-order valence-electron chi connectivity index (χ1n) is 8.99. The highest BCUT2D eigenvalue weighted by Crippen LogP contribution is 2.16. The number of nitrogens with zero attached hydrogens (tertiary/aromatic N) is 1. The third-order valence-corrected chi connectivity index (χ3v) is 4.26. The van der Waals surface area contributed by atoms with E-state index in [9.17, 15) is 9.18 Å². The fourth-order valence-electron chi connectivity index (χ4n) is 2.61. The molecule has 152 valence electrons. The summed E-state index contributed by atoms with van der Waals surface area (Å²) in [6.07, 6.45) is 0. The Bertz CT molecular complexity index is 826. The van der Waals surface area contributed by atoms with Gasteiger partial charge in [0.05, 0.1) is 6.04 Å². The van der Waals surface area contributed by atoms with Crippen LogP contribution < -0.4 is 16.0 Å². The van der Waals surface area contributed by atoms with E-state index in [4.69, 9.17) is 0 Å². The standard InChI is InChI=1S/C21H27FN4O.HI/c1-14-6-5-7-18(12-14)20(27)24-10-11-25-21(23-4)26-16(3)17-9-8-15(2)19(22)13-17;/h5-9,12-13,16H,10-11H2,1-4H3,(H,24,27)(H2,23,25,26);1H. The fourth-order valence-corrected chi connectivity index (χ4v) is 2.61. The van der Waals surface area contributed by atoms with Gasteiger partial charge in [-0.05, 0) is 50.1 Å². The lowest BCUT2D eigenvalue weighted by Crippen LogP contribution is -2.42. The van der Waals surface area contributed by atoms with Gasteiger partial charge in [-0.1, -0.05) is 29.8 Å². The Morgan fingerprint density at radius 1 is 1.11 bits per heavy atom. The maximum Gasteiger partial charge on any atom is 0.251 e. The Morgan fingerprint density at radius 3 is 2.46 bits per heavy atom. The second-order valence-corrected chi connectivity index (χ2v) is 6.50. The molecule has 28 heavy (non-hydrogen) atoms. The normalized spacial score (nSPS) is 12.0. The predicted molar refractivity (Wildman–Crippen MR) is 123 cm³/mol. The van der Waals surface area contributed by atoms with E-state index >= 15 is 0 Å². The molecule has 1 atom stereocenters. The molecular weight excluding hydrogens is 470 g/mol. The number of aryl methyl sites for hydroxylation is 2. The second-order valence-electron chi connectivity index (χ2n) is 6.50. The topological polar surface area (TPSA) is 65.5 Å². The van der Waals surface area contributed by atoms with Gasteiger partial charge in [-0.25, -0.2) is 4.39 Å². The number of halogens is 2. The van der Waals surface area contributed by atoms with Gasteiger partial charge < -0.3 is 16.0 Å². The highest BCUT2D eigenvalue weighted by Gasteiger charge is 2.10. The molecule has 0 saturated carbocycles. The van der Waals surface area contributed by atoms with Crippen molar-refractivity contribution in [2.45, 2.75) is 26.8 Å². The Labute approximate surface area is 183 Å². The molecule has 0 heterocycles. The van der Waals surface area contributed by atoms with Crippen LogP contribution in [0.3, 0.4) is 0 Å². The van der Waals surface area contributed by atoms with E-state index in [0.29, 0.717) is 30.2 Å². The van der Waals surface area contributed by atoms with Gasteiger partial charge in [0.15, 0.2) is 5.96 Å². The summed E-state index contributed by atoms with van der Waals surface area (Å²) in [5.41, 5.74) is 3.16. The number of aliphatic imine (C=N–C) groups is 1. The summed E-state index contributed by atoms with van der Waals surface area (Å²) in [7, 11) is 1.67. The zero-order chi connectivity index (χ0) is 19.8. The molecule has 0 bridgehead atoms. The van der Waals surface area contributed by atoms with E-state index < -0.39 is 0 Å². The molecule has 1 amide bonds. The van der Waals surface area contributed by atoms with Crippen molar-refractivity contribution in [3.05, 3.63) is 70.5 Å². The van der Waals surface area contributed by atoms with Crippen LogP contribution in [0.25, 0.3) is 0 Å². The molecule has 0 aliphatic rings. The molecule has 0 fully saturated rings. The number of guanidine groups is 1. The lowest BCUT2D eigenvalue weighted by molar-refractivity contribution is 0.0954. The lowest BCUT2D eigenvalue weighted by Gasteiger charge is -2.19. The van der Waals surface area contributed by atoms with E-state index in [1.54, 1.807) is 26.1 Å². The maximum absolute atomic E-state index is 13.7. The van der Waals surface area contributed by atoms with Crippen LogP contribution in [0.5, 0.6) is 0 Å². The van der Waals surface area contributed by atoms with E-state index in [0.717, 1.165) is 11.1 Å². The number of carbonyl (C=O) groups excluding carboxylic acids is 1. The Hall–Kier alpha value is -2.16. The Morgan fingerprint density at radius 2 is 1.82 bits per heavy atom. The first-order valence-corrected chi connectivity index (χ1v) is 8.99. The van der Waals surface area contributed by atoms with E-state index in [2.05, 4.69) is 20.9 Å². The third-order valence-electron chi connectivity index (χ3n) is 4.26. The second kappa shape index (κ2) is 11.6. The van der Waals surface area contributed by atoms with Crippen LogP contribution in [0, 0.1) is 19.7 Å². The van der Waals surface area contributed by atoms with Crippen LogP contribution in [0.2, 0.25) is 0 Å². The van der Waals surface area contributed by atoms with Gasteiger partial charge in [0.25, 0.3) is 5.91 Å². The number of amides is 1. The van der Waals surface area contributed by atoms with Gasteiger partial charge in [-0.2, -0.15) is 0 Å². The summed E-state index contributed by atoms with van der Waals surface area (Å²) in [5, 5.41) is 9.23. The van der Waals surface area contributed by atoms with Gasteiger partial charge in [0, 0.05) is 25.7 Å². The van der Waals surface area contributed by atoms with Crippen molar-refractivity contribution in [3.63, 3.8) is 0 Å². The molecule has 5 nitrogen and oxygen atoms in total. The zero-order valence-corrected chi connectivity index (χ0v) is 19.0. The lowest BCUT2D eigenvalue weighted by atomic mass is 10.1. The Kier molecular flexibility index (Phi) is 9.92. The van der Waals surface area contributed by atoms with Gasteiger partial charge in [-0.15, -0.1) is 24.0 Å². The molecule has 7 heteroatoms. The van der Waals surface area contributed by atoms with Crippen molar-refractivity contribution in [1.29, 1.82) is 0 Å². The highest BCUT2D eigenvalue weighted by atomic mass is 127. The van der Waals surface area contributed by atoms with E-state index in [1.807, 2.05) is 38.1 Å². The maximum atomic E-state index is 13.7. The monoisotopic (exact) mass is 498 g/mol. The number of carbonyl (C=O) groups is 1. The van der Waals surface area contributed by atoms with Crippen molar-refractivity contribution in [2.75, 3.05) is 20.1 Å². The first-order chi connectivity index (χ1) is 12.9. The van der Waals surface area contributed by atoms with Crippen LogP contribution in [0.1, 0.15) is 40.0 Å². The molecular formula is C21H28FIN4O. The SMILES string of the molecule is CN=C(NCCNC(=O)c1cccc(C)c1)NC(C)c1ccc(C)c(F)c1.I. The van der Waals surface area contributed by atoms with Crippen LogP contribution in [0.15, 0.2) is 47.5 Å². The van der Waals surface area contributed by atoms with Crippen LogP contribution in [-0.4, -0.2) is 32.0 Å². The van der Waals surface area contributed by atoms with Gasteiger partial charge in [0.2, 0.25) is 0 Å². The van der Waals surface area contributed by atoms with E-state index in [-0.39, 0.29) is 41.7 Å². The molecule has 3 N–H and O–H groups in total. The minimum Gasteiger partial charge on any atom is -0.355 e. The zero-order valence-electron chi connectivity index (χ0n) is 16.7. The van der Waals surface area contributed by atoms with Crippen LogP contribution in [0.4, 0.5) is 4.39 Å². The van der Waals surface area contributed by atoms with Gasteiger partial charge in [0.1, 0.15) is 5.82 Å². The number of hydrogen-bond acceptors (Lipinski definition) is 2.